The number of nitrogens with zero attached hydrogens (tertiary/aromatic N) is 2. The molecule has 9 heteroatoms. The van der Waals surface area contributed by atoms with Gasteiger partial charge in [0, 0.05) is 24.4 Å². The van der Waals surface area contributed by atoms with Crippen molar-refractivity contribution in [3.05, 3.63) is 70.7 Å². The third-order valence-electron chi connectivity index (χ3n) is 5.38. The maximum atomic E-state index is 14.6. The Hall–Kier alpha value is -3.75. The van der Waals surface area contributed by atoms with Crippen LogP contribution >= 0.6 is 0 Å². The van der Waals surface area contributed by atoms with Crippen LogP contribution in [0.2, 0.25) is 0 Å². The van der Waals surface area contributed by atoms with E-state index in [1.807, 2.05) is 12.1 Å². The predicted octanol–water partition coefficient (Wildman–Crippen LogP) is 3.60. The molecule has 1 aliphatic rings. The molecule has 0 radical (unpaired) electrons. The SMILES string of the molecule is O=C(c1cccc2oc(=O)[nH]c12)N1CCC(F)(F)C(Oc2ccc3ccccc3n2)C1. The first-order valence-electron chi connectivity index (χ1n) is 9.72. The minimum Gasteiger partial charge on any atom is -0.466 e. The molecule has 1 amide bonds. The fourth-order valence-electron chi connectivity index (χ4n) is 3.76. The minimum atomic E-state index is -3.12. The number of aromatic amines is 1. The number of carbonyl (C=O) groups is 1. The second-order valence-electron chi connectivity index (χ2n) is 7.40. The highest BCUT2D eigenvalue weighted by Gasteiger charge is 2.47. The number of H-pyrrole nitrogens is 1. The van der Waals surface area contributed by atoms with Gasteiger partial charge in [-0.1, -0.05) is 24.3 Å². The number of oxazole rings is 1. The number of hydrogen-bond donors (Lipinski definition) is 1. The molecule has 7 nitrogen and oxygen atoms in total. The third kappa shape index (κ3) is 3.52. The van der Waals surface area contributed by atoms with E-state index < -0.39 is 30.1 Å². The maximum absolute atomic E-state index is 14.6. The van der Waals surface area contributed by atoms with Crippen LogP contribution in [0.25, 0.3) is 22.0 Å². The normalized spacial score (nSPS) is 18.4. The van der Waals surface area contributed by atoms with E-state index in [4.69, 9.17) is 9.15 Å². The van der Waals surface area contributed by atoms with Crippen LogP contribution in [0.1, 0.15) is 16.8 Å². The molecule has 4 aromatic rings. The molecule has 1 saturated heterocycles. The van der Waals surface area contributed by atoms with Gasteiger partial charge in [0.25, 0.3) is 11.8 Å². The number of hydrogen-bond acceptors (Lipinski definition) is 5. The fraction of sp³-hybridized carbons (Fsp3) is 0.227. The van der Waals surface area contributed by atoms with Gasteiger partial charge in [0.15, 0.2) is 11.7 Å². The summed E-state index contributed by atoms with van der Waals surface area (Å²) in [6.07, 6.45) is -2.10. The second kappa shape index (κ2) is 7.19. The first kappa shape index (κ1) is 19.2. The number of ether oxygens (including phenoxy) is 1. The van der Waals surface area contributed by atoms with E-state index in [-0.39, 0.29) is 35.6 Å². The van der Waals surface area contributed by atoms with Gasteiger partial charge in [-0.05, 0) is 24.3 Å². The molecular formula is C22H17F2N3O4. The molecule has 2 aromatic heterocycles. The largest absolute Gasteiger partial charge is 0.466 e. The van der Waals surface area contributed by atoms with Crippen molar-refractivity contribution in [1.29, 1.82) is 0 Å². The van der Waals surface area contributed by atoms with Crippen LogP contribution in [0.5, 0.6) is 5.88 Å². The Kier molecular flexibility index (Phi) is 4.46. The summed E-state index contributed by atoms with van der Waals surface area (Å²) in [6.45, 7) is -0.464. The number of carbonyl (C=O) groups excluding carboxylic acids is 1. The lowest BCUT2D eigenvalue weighted by molar-refractivity contribution is -0.131. The van der Waals surface area contributed by atoms with Gasteiger partial charge in [-0.15, -0.1) is 0 Å². The summed E-state index contributed by atoms with van der Waals surface area (Å²) in [5.41, 5.74) is 1.27. The molecule has 2 aromatic carbocycles. The lowest BCUT2D eigenvalue weighted by atomic mass is 10.0. The Balaban J connectivity index is 1.41. The van der Waals surface area contributed by atoms with Crippen molar-refractivity contribution in [3.63, 3.8) is 0 Å². The number of para-hydroxylation sites is 2. The standard InChI is InChI=1S/C22H17F2N3O4/c23-22(24)10-11-27(20(28)14-5-3-7-16-19(14)26-21(29)30-16)12-17(22)31-18-9-8-13-4-1-2-6-15(13)25-18/h1-9,17H,10-12H2,(H,26,29). The number of likely N-dealkylation sites (tertiary alicyclic amines) is 1. The van der Waals surface area contributed by atoms with Crippen molar-refractivity contribution in [2.75, 3.05) is 13.1 Å². The zero-order valence-electron chi connectivity index (χ0n) is 16.2. The highest BCUT2D eigenvalue weighted by Crippen LogP contribution is 2.32. The van der Waals surface area contributed by atoms with Gasteiger partial charge in [-0.3, -0.25) is 9.78 Å². The molecule has 1 aliphatic heterocycles. The average molecular weight is 425 g/mol. The van der Waals surface area contributed by atoms with Crippen molar-refractivity contribution < 1.29 is 22.7 Å². The molecular weight excluding hydrogens is 408 g/mol. The lowest BCUT2D eigenvalue weighted by Gasteiger charge is -2.38. The average Bonchev–Trinajstić information content (AvgIpc) is 3.15. The minimum absolute atomic E-state index is 0.0685. The Morgan fingerprint density at radius 3 is 2.87 bits per heavy atom. The molecule has 3 heterocycles. The Morgan fingerprint density at radius 1 is 1.16 bits per heavy atom. The number of piperidine rings is 1. The first-order chi connectivity index (χ1) is 14.9. The van der Waals surface area contributed by atoms with Gasteiger partial charge in [-0.25, -0.2) is 18.6 Å². The van der Waals surface area contributed by atoms with Crippen molar-refractivity contribution in [3.8, 4) is 5.88 Å². The summed E-state index contributed by atoms with van der Waals surface area (Å²) in [5.74, 6) is -4.23. The quantitative estimate of drug-likeness (QED) is 0.542. The number of amides is 1. The number of fused-ring (bicyclic) bond motifs is 2. The van der Waals surface area contributed by atoms with E-state index in [1.54, 1.807) is 30.3 Å². The molecule has 1 fully saturated rings. The summed E-state index contributed by atoms with van der Waals surface area (Å²) in [6, 6.07) is 15.2. The van der Waals surface area contributed by atoms with Gasteiger partial charge in [0.05, 0.1) is 23.1 Å². The summed E-state index contributed by atoms with van der Waals surface area (Å²) >= 11 is 0. The number of alkyl halides is 2. The molecule has 0 aliphatic carbocycles. The monoisotopic (exact) mass is 425 g/mol. The van der Waals surface area contributed by atoms with E-state index in [2.05, 4.69) is 9.97 Å². The van der Waals surface area contributed by atoms with E-state index in [0.29, 0.717) is 5.52 Å². The molecule has 1 N–H and O–H groups in total. The van der Waals surface area contributed by atoms with Crippen LogP contribution in [0.4, 0.5) is 8.78 Å². The van der Waals surface area contributed by atoms with E-state index >= 15 is 0 Å². The van der Waals surface area contributed by atoms with Gasteiger partial charge >= 0.3 is 5.76 Å². The molecule has 31 heavy (non-hydrogen) atoms. The number of rotatable bonds is 3. The first-order valence-corrected chi connectivity index (χ1v) is 9.72. The smallest absolute Gasteiger partial charge is 0.417 e. The van der Waals surface area contributed by atoms with Gasteiger partial charge in [-0.2, -0.15) is 0 Å². The highest BCUT2D eigenvalue weighted by atomic mass is 19.3. The highest BCUT2D eigenvalue weighted by molar-refractivity contribution is 6.04. The molecule has 1 atom stereocenters. The molecule has 0 bridgehead atoms. The van der Waals surface area contributed by atoms with E-state index in [9.17, 15) is 18.4 Å². The number of benzene rings is 2. The van der Waals surface area contributed by atoms with Crippen LogP contribution in [0, 0.1) is 0 Å². The van der Waals surface area contributed by atoms with Crippen molar-refractivity contribution in [2.45, 2.75) is 18.4 Å². The third-order valence-corrected chi connectivity index (χ3v) is 5.38. The topological polar surface area (TPSA) is 88.4 Å². The van der Waals surface area contributed by atoms with Gasteiger partial charge in [0.2, 0.25) is 5.88 Å². The maximum Gasteiger partial charge on any atom is 0.417 e. The van der Waals surface area contributed by atoms with Gasteiger partial charge in [0.1, 0.15) is 0 Å². The Bertz CT molecular complexity index is 1350. The van der Waals surface area contributed by atoms with Crippen LogP contribution in [-0.2, 0) is 0 Å². The van der Waals surface area contributed by atoms with Crippen molar-refractivity contribution in [2.24, 2.45) is 0 Å². The molecule has 1 unspecified atom stereocenters. The summed E-state index contributed by atoms with van der Waals surface area (Å²) in [4.78, 5) is 32.6. The number of aromatic nitrogens is 2. The Labute approximate surface area is 174 Å². The Morgan fingerprint density at radius 2 is 2.00 bits per heavy atom. The van der Waals surface area contributed by atoms with E-state index in [0.717, 1.165) is 5.39 Å². The lowest BCUT2D eigenvalue weighted by Crippen LogP contribution is -2.55. The van der Waals surface area contributed by atoms with Crippen LogP contribution in [0.3, 0.4) is 0 Å². The van der Waals surface area contributed by atoms with Crippen LogP contribution < -0.4 is 10.5 Å². The zero-order valence-corrected chi connectivity index (χ0v) is 16.2. The summed E-state index contributed by atoms with van der Waals surface area (Å²) in [7, 11) is 0. The molecule has 5 rings (SSSR count). The number of pyridine rings is 1. The van der Waals surface area contributed by atoms with Gasteiger partial charge < -0.3 is 14.1 Å². The van der Waals surface area contributed by atoms with Crippen LogP contribution in [-0.4, -0.2) is 45.9 Å². The molecule has 0 spiro atoms. The van der Waals surface area contributed by atoms with E-state index in [1.165, 1.54) is 17.0 Å². The zero-order chi connectivity index (χ0) is 21.6. The molecule has 0 saturated carbocycles. The molecule has 158 valence electrons. The summed E-state index contributed by atoms with van der Waals surface area (Å²) < 4.78 is 39.8. The predicted molar refractivity (Wildman–Crippen MR) is 108 cm³/mol. The number of halogens is 2. The fourth-order valence-corrected chi connectivity index (χ4v) is 3.76. The number of nitrogens with one attached hydrogen (secondary N) is 1. The summed E-state index contributed by atoms with van der Waals surface area (Å²) in [5, 5.41) is 0.865. The van der Waals surface area contributed by atoms with Crippen LogP contribution in [0.15, 0.2) is 63.8 Å². The second-order valence-corrected chi connectivity index (χ2v) is 7.40. The van der Waals surface area contributed by atoms with Crippen molar-refractivity contribution in [1.82, 2.24) is 14.9 Å². The van der Waals surface area contributed by atoms with Crippen molar-refractivity contribution >= 4 is 27.9 Å².